The maximum absolute atomic E-state index is 6.47. The van der Waals surface area contributed by atoms with Crippen LogP contribution in [-0.2, 0) is 0 Å². The first-order valence-corrected chi connectivity index (χ1v) is 20.5. The van der Waals surface area contributed by atoms with Gasteiger partial charge in [-0.1, -0.05) is 150 Å². The zero-order chi connectivity index (χ0) is 40.9. The van der Waals surface area contributed by atoms with Crippen molar-refractivity contribution in [3.05, 3.63) is 170 Å². The summed E-state index contributed by atoms with van der Waals surface area (Å²) in [6.45, 7) is 0. The van der Waals surface area contributed by atoms with Crippen LogP contribution in [0.1, 0.15) is 0 Å². The van der Waals surface area contributed by atoms with Crippen LogP contribution < -0.4 is 27.3 Å². The van der Waals surface area contributed by atoms with Gasteiger partial charge in [-0.25, -0.2) is 15.0 Å². The molecule has 60 heavy (non-hydrogen) atoms. The van der Waals surface area contributed by atoms with E-state index >= 15 is 0 Å². The molecule has 10 rings (SSSR count). The Labute approximate surface area is 354 Å². The van der Waals surface area contributed by atoms with Crippen molar-refractivity contribution in [1.82, 2.24) is 15.0 Å². The Balaban J connectivity index is 1.02. The highest BCUT2D eigenvalue weighted by atomic mass is 16.3. The lowest BCUT2D eigenvalue weighted by atomic mass is 9.59. The summed E-state index contributed by atoms with van der Waals surface area (Å²) in [5.41, 5.74) is 20.7. The summed E-state index contributed by atoms with van der Waals surface area (Å²) in [7, 11) is 11.2. The molecule has 0 radical (unpaired) electrons. The number of fused-ring (bicyclic) bond motifs is 3. The Bertz CT molecular complexity index is 3210. The molecule has 0 bridgehead atoms. The highest BCUT2D eigenvalue weighted by molar-refractivity contribution is 6.68. The highest BCUT2D eigenvalue weighted by Crippen LogP contribution is 2.39. The second-order valence-corrected chi connectivity index (χ2v) is 15.8. The van der Waals surface area contributed by atoms with Crippen LogP contribution >= 0.6 is 0 Å². The quantitative estimate of drug-likeness (QED) is 0.221. The van der Waals surface area contributed by atoms with Crippen LogP contribution in [-0.4, -0.2) is 54.2 Å². The molecule has 0 aliphatic heterocycles. The van der Waals surface area contributed by atoms with Crippen LogP contribution in [0.4, 0.5) is 0 Å². The summed E-state index contributed by atoms with van der Waals surface area (Å²) in [5, 5.41) is 2.08. The van der Waals surface area contributed by atoms with E-state index in [9.17, 15) is 0 Å². The van der Waals surface area contributed by atoms with Crippen molar-refractivity contribution in [1.29, 1.82) is 0 Å². The molecule has 0 N–H and O–H groups in total. The van der Waals surface area contributed by atoms with Crippen LogP contribution in [0.15, 0.2) is 174 Å². The number of hydrogen-bond acceptors (Lipinski definition) is 4. The molecule has 2 heterocycles. The molecule has 0 atom stereocenters. The first kappa shape index (κ1) is 37.2. The van der Waals surface area contributed by atoms with Crippen molar-refractivity contribution in [3.8, 4) is 78.7 Å². The molecular formula is C51H38B5N3O. The second kappa shape index (κ2) is 15.2. The smallest absolute Gasteiger partial charge is 0.164 e. The molecule has 8 aromatic carbocycles. The summed E-state index contributed by atoms with van der Waals surface area (Å²) in [4.78, 5) is 15.2. The van der Waals surface area contributed by atoms with E-state index < -0.39 is 0 Å². The van der Waals surface area contributed by atoms with Crippen molar-refractivity contribution in [2.45, 2.75) is 0 Å². The van der Waals surface area contributed by atoms with Gasteiger partial charge in [-0.2, -0.15) is 0 Å². The van der Waals surface area contributed by atoms with E-state index in [0.29, 0.717) is 17.5 Å². The lowest BCUT2D eigenvalue weighted by Gasteiger charge is -2.20. The fourth-order valence-corrected chi connectivity index (χ4v) is 8.63. The van der Waals surface area contributed by atoms with Gasteiger partial charge in [0.15, 0.2) is 17.5 Å². The third kappa shape index (κ3) is 6.66. The van der Waals surface area contributed by atoms with Gasteiger partial charge in [0, 0.05) is 27.5 Å². The molecule has 2 aromatic heterocycles. The molecule has 0 fully saturated rings. The van der Waals surface area contributed by atoms with Crippen molar-refractivity contribution in [2.24, 2.45) is 0 Å². The van der Waals surface area contributed by atoms with E-state index in [1.54, 1.807) is 0 Å². The van der Waals surface area contributed by atoms with Crippen molar-refractivity contribution in [2.75, 3.05) is 0 Å². The fourth-order valence-electron chi connectivity index (χ4n) is 8.63. The Morgan fingerprint density at radius 2 is 0.767 bits per heavy atom. The lowest BCUT2D eigenvalue weighted by molar-refractivity contribution is 0.669. The summed E-state index contributed by atoms with van der Waals surface area (Å²) in [6, 6.07) is 59.3. The molecule has 0 amide bonds. The first-order valence-electron chi connectivity index (χ1n) is 20.5. The summed E-state index contributed by atoms with van der Waals surface area (Å²) >= 11 is 0. The van der Waals surface area contributed by atoms with Gasteiger partial charge >= 0.3 is 0 Å². The number of rotatable bonds is 7. The highest BCUT2D eigenvalue weighted by Gasteiger charge is 2.18. The summed E-state index contributed by atoms with van der Waals surface area (Å²) < 4.78 is 6.47. The minimum absolute atomic E-state index is 0.603. The van der Waals surface area contributed by atoms with Crippen LogP contribution in [0.2, 0.25) is 0 Å². The predicted molar refractivity (Wildman–Crippen MR) is 266 cm³/mol. The molecule has 0 saturated carbocycles. The molecule has 10 aromatic rings. The van der Waals surface area contributed by atoms with E-state index in [-0.39, 0.29) is 0 Å². The molecule has 278 valence electrons. The average molecular weight is 763 g/mol. The zero-order valence-electron chi connectivity index (χ0n) is 34.4. The van der Waals surface area contributed by atoms with Gasteiger partial charge in [-0.05, 0) is 74.8 Å². The van der Waals surface area contributed by atoms with Gasteiger partial charge in [0.1, 0.15) is 50.4 Å². The Morgan fingerprint density at radius 3 is 1.40 bits per heavy atom. The van der Waals surface area contributed by atoms with Gasteiger partial charge in [0.25, 0.3) is 0 Å². The number of nitrogens with zero attached hydrogens (tertiary/aromatic N) is 3. The van der Waals surface area contributed by atoms with E-state index in [4.69, 9.17) is 19.4 Å². The van der Waals surface area contributed by atoms with E-state index in [1.807, 2.05) is 54.6 Å². The SMILES string of the molecule is Bc1c(B)c(B)c(-c2ccc(-c3ccc(-c4cccc5oc6ccc(-c7nc(-c8ccccc8)nc(-c8cccc(-c9ccccc9)c8)n7)cc6c45)cc3)cc2)c(B)c1B. The maximum atomic E-state index is 6.47. The Kier molecular flexibility index (Phi) is 9.45. The van der Waals surface area contributed by atoms with E-state index in [1.165, 1.54) is 49.6 Å². The van der Waals surface area contributed by atoms with Gasteiger partial charge in [0.2, 0.25) is 0 Å². The fraction of sp³-hybridized carbons (Fsp3) is 0. The van der Waals surface area contributed by atoms with Gasteiger partial charge in [-0.3, -0.25) is 0 Å². The summed E-state index contributed by atoms with van der Waals surface area (Å²) in [5.74, 6) is 1.85. The van der Waals surface area contributed by atoms with Crippen LogP contribution in [0, 0.1) is 0 Å². The minimum atomic E-state index is 0.603. The Hall–Kier alpha value is -7.11. The summed E-state index contributed by atoms with van der Waals surface area (Å²) in [6.07, 6.45) is 0. The molecule has 0 saturated heterocycles. The number of benzene rings is 8. The van der Waals surface area contributed by atoms with E-state index in [0.717, 1.165) is 60.9 Å². The standard InChI is InChI=1S/C51H38B5N3O/c52-44-42(45(53)47(55)48(56)46(44)54)33-23-19-31(20-24-33)30-17-21-32(22-18-30)38-15-8-16-41-43(38)39-28-37(25-26-40(39)60-41)51-58-49(34-11-5-2-6-12-34)57-50(59-51)36-14-7-13-35(27-36)29-9-3-1-4-10-29/h1-28H,52-56H2. The maximum Gasteiger partial charge on any atom is 0.164 e. The lowest BCUT2D eigenvalue weighted by Crippen LogP contribution is -2.55. The average Bonchev–Trinajstić information content (AvgIpc) is 3.69. The first-order chi connectivity index (χ1) is 29.3. The monoisotopic (exact) mass is 763 g/mol. The van der Waals surface area contributed by atoms with Crippen LogP contribution in [0.3, 0.4) is 0 Å². The van der Waals surface area contributed by atoms with Crippen molar-refractivity contribution in [3.63, 3.8) is 0 Å². The number of hydrogen-bond donors (Lipinski definition) is 0. The molecule has 0 aliphatic rings. The van der Waals surface area contributed by atoms with Crippen LogP contribution in [0.25, 0.3) is 101 Å². The molecule has 0 aliphatic carbocycles. The second-order valence-electron chi connectivity index (χ2n) is 15.8. The third-order valence-electron chi connectivity index (χ3n) is 12.4. The van der Waals surface area contributed by atoms with Crippen LogP contribution in [0.5, 0.6) is 0 Å². The molecule has 0 unspecified atom stereocenters. The topological polar surface area (TPSA) is 51.8 Å². The predicted octanol–water partition coefficient (Wildman–Crippen LogP) is 4.73. The third-order valence-corrected chi connectivity index (χ3v) is 12.4. The molecule has 0 spiro atoms. The largest absolute Gasteiger partial charge is 0.456 e. The van der Waals surface area contributed by atoms with Gasteiger partial charge < -0.3 is 4.42 Å². The molecule has 4 nitrogen and oxygen atoms in total. The minimum Gasteiger partial charge on any atom is -0.456 e. The normalized spacial score (nSPS) is 11.3. The zero-order valence-corrected chi connectivity index (χ0v) is 34.4. The van der Waals surface area contributed by atoms with Crippen molar-refractivity contribution >= 4 is 88.5 Å². The van der Waals surface area contributed by atoms with E-state index in [2.05, 4.69) is 154 Å². The van der Waals surface area contributed by atoms with Gasteiger partial charge in [0.05, 0.1) is 0 Å². The number of aromatic nitrogens is 3. The Morgan fingerprint density at radius 1 is 0.317 bits per heavy atom. The molecule has 9 heteroatoms. The number of furan rings is 1. The van der Waals surface area contributed by atoms with Crippen molar-refractivity contribution < 1.29 is 4.42 Å². The van der Waals surface area contributed by atoms with Gasteiger partial charge in [-0.15, -0.1) is 16.4 Å². The molecular weight excluding hydrogens is 725 g/mol.